The van der Waals surface area contributed by atoms with Crippen LogP contribution in [0.5, 0.6) is 5.88 Å². The molecule has 0 saturated carbocycles. The van der Waals surface area contributed by atoms with Crippen LogP contribution in [-0.2, 0) is 6.61 Å². The average Bonchev–Trinajstić information content (AvgIpc) is 2.78. The van der Waals surface area contributed by atoms with Crippen LogP contribution in [0.1, 0.15) is 31.4 Å². The van der Waals surface area contributed by atoms with Gasteiger partial charge in [0.1, 0.15) is 23.3 Å². The van der Waals surface area contributed by atoms with Crippen LogP contribution < -0.4 is 4.74 Å². The number of furan rings is 1. The van der Waals surface area contributed by atoms with Gasteiger partial charge in [-0.2, -0.15) is 4.98 Å². The minimum Gasteiger partial charge on any atom is -0.469 e. The fourth-order valence-corrected chi connectivity index (χ4v) is 1.47. The summed E-state index contributed by atoms with van der Waals surface area (Å²) in [6.07, 6.45) is 1.60. The largest absolute Gasteiger partial charge is 0.469 e. The summed E-state index contributed by atoms with van der Waals surface area (Å²) >= 11 is 5.90. The molecular weight excluding hydrogens is 240 g/mol. The maximum Gasteiger partial charge on any atom is 0.218 e. The predicted octanol–water partition coefficient (Wildman–Crippen LogP) is 3.43. The van der Waals surface area contributed by atoms with Crippen LogP contribution in [0.3, 0.4) is 0 Å². The summed E-state index contributed by atoms with van der Waals surface area (Å²) in [6.45, 7) is 4.34. The molecule has 0 atom stereocenters. The summed E-state index contributed by atoms with van der Waals surface area (Å²) in [5.74, 6) is 2.09. The van der Waals surface area contributed by atoms with Gasteiger partial charge in [-0.25, -0.2) is 4.98 Å². The van der Waals surface area contributed by atoms with E-state index in [-0.39, 0.29) is 5.92 Å². The molecule has 0 amide bonds. The average molecular weight is 253 g/mol. The lowest BCUT2D eigenvalue weighted by atomic mass is 10.2. The first kappa shape index (κ1) is 11.9. The highest BCUT2D eigenvalue weighted by Gasteiger charge is 2.08. The quantitative estimate of drug-likeness (QED) is 0.783. The Kier molecular flexibility index (Phi) is 3.64. The van der Waals surface area contributed by atoms with Crippen molar-refractivity contribution in [2.45, 2.75) is 26.4 Å². The highest BCUT2D eigenvalue weighted by Crippen LogP contribution is 2.19. The smallest absolute Gasteiger partial charge is 0.218 e. The van der Waals surface area contributed by atoms with E-state index < -0.39 is 0 Å². The molecule has 2 heterocycles. The molecule has 5 heteroatoms. The highest BCUT2D eigenvalue weighted by atomic mass is 35.5. The molecule has 2 aromatic rings. The zero-order valence-electron chi connectivity index (χ0n) is 9.68. The molecule has 17 heavy (non-hydrogen) atoms. The molecule has 4 nitrogen and oxygen atoms in total. The lowest BCUT2D eigenvalue weighted by Crippen LogP contribution is -2.02. The molecule has 0 aliphatic heterocycles. The molecular formula is C12H13ClN2O2. The van der Waals surface area contributed by atoms with Gasteiger partial charge >= 0.3 is 0 Å². The number of rotatable bonds is 4. The van der Waals surface area contributed by atoms with Crippen molar-refractivity contribution in [3.05, 3.63) is 41.2 Å². The van der Waals surface area contributed by atoms with Crippen molar-refractivity contribution in [3.63, 3.8) is 0 Å². The Morgan fingerprint density at radius 3 is 2.88 bits per heavy atom. The summed E-state index contributed by atoms with van der Waals surface area (Å²) in [4.78, 5) is 8.40. The van der Waals surface area contributed by atoms with Gasteiger partial charge in [0.05, 0.1) is 6.26 Å². The summed E-state index contributed by atoms with van der Waals surface area (Å²) < 4.78 is 10.7. The van der Waals surface area contributed by atoms with Crippen molar-refractivity contribution in [2.24, 2.45) is 0 Å². The number of nitrogens with zero attached hydrogens (tertiary/aromatic N) is 2. The normalized spacial score (nSPS) is 10.8. The number of aromatic nitrogens is 2. The Morgan fingerprint density at radius 1 is 1.41 bits per heavy atom. The van der Waals surface area contributed by atoms with E-state index in [0.29, 0.717) is 23.5 Å². The molecule has 0 saturated heterocycles. The van der Waals surface area contributed by atoms with Crippen LogP contribution >= 0.6 is 11.6 Å². The number of ether oxygens (including phenoxy) is 1. The maximum atomic E-state index is 5.90. The van der Waals surface area contributed by atoms with Gasteiger partial charge in [-0.05, 0) is 12.1 Å². The summed E-state index contributed by atoms with van der Waals surface area (Å²) in [5, 5.41) is 0.387. The van der Waals surface area contributed by atoms with Crippen molar-refractivity contribution < 1.29 is 9.15 Å². The molecule has 0 radical (unpaired) electrons. The Hall–Kier alpha value is -1.55. The molecule has 0 N–H and O–H groups in total. The van der Waals surface area contributed by atoms with Crippen molar-refractivity contribution in [1.82, 2.24) is 9.97 Å². The summed E-state index contributed by atoms with van der Waals surface area (Å²) in [7, 11) is 0. The van der Waals surface area contributed by atoms with Crippen LogP contribution in [0.2, 0.25) is 5.15 Å². The van der Waals surface area contributed by atoms with Crippen LogP contribution in [0.4, 0.5) is 0 Å². The van der Waals surface area contributed by atoms with Gasteiger partial charge in [0.25, 0.3) is 0 Å². The van der Waals surface area contributed by atoms with Crippen molar-refractivity contribution >= 4 is 11.6 Å². The monoisotopic (exact) mass is 252 g/mol. The van der Waals surface area contributed by atoms with E-state index in [4.69, 9.17) is 20.8 Å². The minimum absolute atomic E-state index is 0.208. The third-order valence-corrected chi connectivity index (χ3v) is 2.34. The Balaban J connectivity index is 2.10. The van der Waals surface area contributed by atoms with Gasteiger partial charge in [0.15, 0.2) is 0 Å². The van der Waals surface area contributed by atoms with E-state index >= 15 is 0 Å². The van der Waals surface area contributed by atoms with Crippen LogP contribution in [0, 0.1) is 0 Å². The van der Waals surface area contributed by atoms with Crippen molar-refractivity contribution in [1.29, 1.82) is 0 Å². The molecule has 2 rings (SSSR count). The fourth-order valence-electron chi connectivity index (χ4n) is 1.29. The Labute approximate surface area is 105 Å². The molecule has 0 unspecified atom stereocenters. The topological polar surface area (TPSA) is 48.2 Å². The van der Waals surface area contributed by atoms with Gasteiger partial charge in [-0.3, -0.25) is 0 Å². The molecule has 0 aromatic carbocycles. The Morgan fingerprint density at radius 2 is 2.24 bits per heavy atom. The fraction of sp³-hybridized carbons (Fsp3) is 0.333. The third kappa shape index (κ3) is 3.20. The second-order valence-electron chi connectivity index (χ2n) is 3.91. The molecule has 0 fully saturated rings. The molecule has 90 valence electrons. The number of halogens is 1. The van der Waals surface area contributed by atoms with Crippen LogP contribution in [0.25, 0.3) is 0 Å². The van der Waals surface area contributed by atoms with E-state index in [1.54, 1.807) is 12.3 Å². The predicted molar refractivity (Wildman–Crippen MR) is 64.2 cm³/mol. The molecule has 0 bridgehead atoms. The standard InChI is InChI=1S/C12H13ClN2O2/c1-8(2)12-14-10(13)6-11(15-12)17-7-9-4-3-5-16-9/h3-6,8H,7H2,1-2H3. The first-order chi connectivity index (χ1) is 8.15. The van der Waals surface area contributed by atoms with E-state index in [1.165, 1.54) is 0 Å². The zero-order chi connectivity index (χ0) is 12.3. The molecule has 2 aromatic heterocycles. The second kappa shape index (κ2) is 5.19. The van der Waals surface area contributed by atoms with Gasteiger partial charge in [-0.15, -0.1) is 0 Å². The third-order valence-electron chi connectivity index (χ3n) is 2.15. The summed E-state index contributed by atoms with van der Waals surface area (Å²) in [6, 6.07) is 5.24. The van der Waals surface area contributed by atoms with Gasteiger partial charge in [-0.1, -0.05) is 25.4 Å². The van der Waals surface area contributed by atoms with Crippen LogP contribution in [0.15, 0.2) is 28.9 Å². The van der Waals surface area contributed by atoms with Crippen molar-refractivity contribution in [3.8, 4) is 5.88 Å². The van der Waals surface area contributed by atoms with Crippen molar-refractivity contribution in [2.75, 3.05) is 0 Å². The van der Waals surface area contributed by atoms with E-state index in [1.807, 2.05) is 26.0 Å². The maximum absolute atomic E-state index is 5.90. The zero-order valence-corrected chi connectivity index (χ0v) is 10.4. The van der Waals surface area contributed by atoms with Gasteiger partial charge in [0, 0.05) is 12.0 Å². The van der Waals surface area contributed by atoms with Gasteiger partial charge < -0.3 is 9.15 Å². The lowest BCUT2D eigenvalue weighted by Gasteiger charge is -2.08. The molecule has 0 aliphatic rings. The van der Waals surface area contributed by atoms with E-state index in [9.17, 15) is 0 Å². The van der Waals surface area contributed by atoms with E-state index in [0.717, 1.165) is 5.76 Å². The number of hydrogen-bond donors (Lipinski definition) is 0. The SMILES string of the molecule is CC(C)c1nc(Cl)cc(OCc2ccco2)n1. The highest BCUT2D eigenvalue weighted by molar-refractivity contribution is 6.29. The van der Waals surface area contributed by atoms with Crippen LogP contribution in [-0.4, -0.2) is 9.97 Å². The first-order valence-electron chi connectivity index (χ1n) is 5.35. The molecule has 0 aliphatic carbocycles. The first-order valence-corrected chi connectivity index (χ1v) is 5.72. The Bertz CT molecular complexity index is 483. The summed E-state index contributed by atoms with van der Waals surface area (Å²) in [5.41, 5.74) is 0. The van der Waals surface area contributed by atoms with E-state index in [2.05, 4.69) is 9.97 Å². The number of hydrogen-bond acceptors (Lipinski definition) is 4. The second-order valence-corrected chi connectivity index (χ2v) is 4.30. The van der Waals surface area contributed by atoms with Gasteiger partial charge in [0.2, 0.25) is 5.88 Å². The lowest BCUT2D eigenvalue weighted by molar-refractivity contribution is 0.259. The molecule has 0 spiro atoms. The minimum atomic E-state index is 0.208.